The third-order valence-electron chi connectivity index (χ3n) is 2.29. The minimum Gasteiger partial charge on any atom is -0.379 e. The highest BCUT2D eigenvalue weighted by atomic mass is 35.5. The van der Waals surface area contributed by atoms with Crippen LogP contribution < -0.4 is 5.48 Å². The molecule has 0 saturated carbocycles. The maximum atomic E-state index is 6.09. The van der Waals surface area contributed by atoms with E-state index in [0.29, 0.717) is 42.0 Å². The molecule has 0 saturated heterocycles. The number of hydrogen-bond acceptors (Lipinski definition) is 3. The number of aliphatic imine (C=N–C) groups is 1. The first-order valence-corrected chi connectivity index (χ1v) is 6.83. The van der Waals surface area contributed by atoms with E-state index >= 15 is 0 Å². The smallest absolute Gasteiger partial charge is 0.113 e. The summed E-state index contributed by atoms with van der Waals surface area (Å²) in [5, 5.41) is 1.000. The standard InChI is InChI=1S/C14H16Cl2N2O2/c1-3-5-12-13(15)8-11(9-14(12)16)17-10-18-20-7-6-19-4-2/h1,8-10H,4-7H2,2H3,(H,17,18). The number of rotatable bonds is 8. The summed E-state index contributed by atoms with van der Waals surface area (Å²) in [5.41, 5.74) is 3.93. The van der Waals surface area contributed by atoms with Crippen LogP contribution >= 0.6 is 23.2 Å². The Morgan fingerprint density at radius 3 is 2.65 bits per heavy atom. The lowest BCUT2D eigenvalue weighted by molar-refractivity contribution is 0.0271. The van der Waals surface area contributed by atoms with Gasteiger partial charge in [-0.05, 0) is 19.1 Å². The van der Waals surface area contributed by atoms with Gasteiger partial charge in [0.2, 0.25) is 0 Å². The maximum absolute atomic E-state index is 6.09. The highest BCUT2D eigenvalue weighted by Crippen LogP contribution is 2.30. The second-order valence-corrected chi connectivity index (χ2v) is 4.50. The van der Waals surface area contributed by atoms with Gasteiger partial charge in [0.25, 0.3) is 0 Å². The molecule has 0 aliphatic carbocycles. The lowest BCUT2D eigenvalue weighted by atomic mass is 10.1. The topological polar surface area (TPSA) is 42.9 Å². The van der Waals surface area contributed by atoms with E-state index in [1.807, 2.05) is 6.92 Å². The van der Waals surface area contributed by atoms with Crippen molar-refractivity contribution in [3.63, 3.8) is 0 Å². The number of hydrogen-bond donors (Lipinski definition) is 1. The molecule has 0 heterocycles. The highest BCUT2D eigenvalue weighted by molar-refractivity contribution is 6.36. The van der Waals surface area contributed by atoms with E-state index in [1.54, 1.807) is 12.1 Å². The first kappa shape index (κ1) is 16.8. The van der Waals surface area contributed by atoms with Crippen molar-refractivity contribution in [1.29, 1.82) is 0 Å². The fraction of sp³-hybridized carbons (Fsp3) is 0.357. The summed E-state index contributed by atoms with van der Waals surface area (Å²) in [5.74, 6) is 2.51. The van der Waals surface area contributed by atoms with Gasteiger partial charge in [0.1, 0.15) is 6.34 Å². The maximum Gasteiger partial charge on any atom is 0.113 e. The summed E-state index contributed by atoms with van der Waals surface area (Å²) in [6, 6.07) is 3.39. The lowest BCUT2D eigenvalue weighted by Gasteiger charge is -2.05. The Kier molecular flexibility index (Phi) is 8.08. The third kappa shape index (κ3) is 5.81. The van der Waals surface area contributed by atoms with E-state index in [4.69, 9.17) is 39.2 Å². The Bertz CT molecular complexity index is 475. The van der Waals surface area contributed by atoms with Crippen LogP contribution in [0.4, 0.5) is 5.69 Å². The van der Waals surface area contributed by atoms with Gasteiger partial charge in [-0.1, -0.05) is 23.2 Å². The average molecular weight is 315 g/mol. The van der Waals surface area contributed by atoms with Crippen LogP contribution in [-0.2, 0) is 16.0 Å². The van der Waals surface area contributed by atoms with E-state index in [2.05, 4.69) is 16.4 Å². The van der Waals surface area contributed by atoms with Crippen LogP contribution in [0.25, 0.3) is 0 Å². The molecule has 0 bridgehead atoms. The summed E-state index contributed by atoms with van der Waals surface area (Å²) in [4.78, 5) is 9.19. The van der Waals surface area contributed by atoms with Crippen LogP contribution in [0.1, 0.15) is 12.5 Å². The Labute approximate surface area is 129 Å². The molecule has 0 aliphatic heterocycles. The summed E-state index contributed by atoms with van der Waals surface area (Å²) >= 11 is 12.2. The monoisotopic (exact) mass is 314 g/mol. The van der Waals surface area contributed by atoms with E-state index in [0.717, 1.165) is 5.56 Å². The van der Waals surface area contributed by atoms with Crippen molar-refractivity contribution in [1.82, 2.24) is 5.48 Å². The minimum atomic E-state index is 0.389. The van der Waals surface area contributed by atoms with Gasteiger partial charge in [0.05, 0.1) is 18.9 Å². The molecule has 0 amide bonds. The third-order valence-corrected chi connectivity index (χ3v) is 2.96. The summed E-state index contributed by atoms with van der Waals surface area (Å²) in [6.07, 6.45) is 7.05. The molecule has 108 valence electrons. The molecular formula is C14H16Cl2N2O2. The van der Waals surface area contributed by atoms with Gasteiger partial charge >= 0.3 is 0 Å². The normalized spacial score (nSPS) is 10.7. The first-order valence-electron chi connectivity index (χ1n) is 6.08. The molecule has 0 unspecified atom stereocenters. The van der Waals surface area contributed by atoms with Crippen molar-refractivity contribution in [3.8, 4) is 12.3 Å². The van der Waals surface area contributed by atoms with E-state index < -0.39 is 0 Å². The Morgan fingerprint density at radius 2 is 2.05 bits per heavy atom. The van der Waals surface area contributed by atoms with Gasteiger partial charge in [0.15, 0.2) is 0 Å². The summed E-state index contributed by atoms with van der Waals surface area (Å²) in [7, 11) is 0. The SMILES string of the molecule is C#CCc1c(Cl)cc(N=CNOCCOCC)cc1Cl. The molecule has 1 rings (SSSR count). The van der Waals surface area contributed by atoms with Crippen molar-refractivity contribution in [2.45, 2.75) is 13.3 Å². The number of hydroxylamine groups is 1. The predicted molar refractivity (Wildman–Crippen MR) is 82.7 cm³/mol. The number of ether oxygens (including phenoxy) is 1. The second kappa shape index (κ2) is 9.62. The Hall–Kier alpha value is -1.25. The number of nitrogens with zero attached hydrogens (tertiary/aromatic N) is 1. The van der Waals surface area contributed by atoms with Crippen LogP contribution in [0.2, 0.25) is 10.0 Å². The highest BCUT2D eigenvalue weighted by Gasteiger charge is 2.06. The molecule has 20 heavy (non-hydrogen) atoms. The van der Waals surface area contributed by atoms with Gasteiger partial charge in [-0.15, -0.1) is 12.3 Å². The fourth-order valence-electron chi connectivity index (χ4n) is 1.38. The number of benzene rings is 1. The molecular weight excluding hydrogens is 299 g/mol. The van der Waals surface area contributed by atoms with Crippen molar-refractivity contribution in [3.05, 3.63) is 27.7 Å². The molecule has 0 aliphatic rings. The quantitative estimate of drug-likeness (QED) is 0.263. The number of nitrogens with one attached hydrogen (secondary N) is 1. The first-order chi connectivity index (χ1) is 9.69. The van der Waals surface area contributed by atoms with Crippen LogP contribution in [-0.4, -0.2) is 26.2 Å². The zero-order valence-corrected chi connectivity index (χ0v) is 12.7. The van der Waals surface area contributed by atoms with E-state index in [9.17, 15) is 0 Å². The molecule has 1 N–H and O–H groups in total. The summed E-state index contributed by atoms with van der Waals surface area (Å²) < 4.78 is 5.11. The number of terminal acetylenes is 1. The average Bonchev–Trinajstić information content (AvgIpc) is 2.42. The largest absolute Gasteiger partial charge is 0.379 e. The zero-order chi connectivity index (χ0) is 14.8. The van der Waals surface area contributed by atoms with E-state index in [1.165, 1.54) is 6.34 Å². The van der Waals surface area contributed by atoms with Gasteiger partial charge in [-0.3, -0.25) is 10.3 Å². The van der Waals surface area contributed by atoms with E-state index in [-0.39, 0.29) is 0 Å². The van der Waals surface area contributed by atoms with Gasteiger partial charge < -0.3 is 4.74 Å². The van der Waals surface area contributed by atoms with Crippen molar-refractivity contribution < 1.29 is 9.57 Å². The fourth-order valence-corrected chi connectivity index (χ4v) is 1.99. The Morgan fingerprint density at radius 1 is 1.35 bits per heavy atom. The zero-order valence-electron chi connectivity index (χ0n) is 11.2. The molecule has 1 aromatic rings. The number of halogens is 2. The van der Waals surface area contributed by atoms with Gasteiger partial charge in [-0.2, -0.15) is 0 Å². The van der Waals surface area contributed by atoms with Crippen LogP contribution in [0.15, 0.2) is 17.1 Å². The molecule has 0 fully saturated rings. The van der Waals surface area contributed by atoms with Crippen molar-refractivity contribution >= 4 is 35.2 Å². The molecule has 6 heteroatoms. The van der Waals surface area contributed by atoms with Crippen LogP contribution in [0.3, 0.4) is 0 Å². The van der Waals surface area contributed by atoms with Crippen molar-refractivity contribution in [2.75, 3.05) is 19.8 Å². The lowest BCUT2D eigenvalue weighted by Crippen LogP contribution is -2.15. The molecule has 1 aromatic carbocycles. The predicted octanol–water partition coefficient (Wildman–Crippen LogP) is 3.39. The van der Waals surface area contributed by atoms with Gasteiger partial charge in [-0.25, -0.2) is 4.99 Å². The van der Waals surface area contributed by atoms with Crippen LogP contribution in [0.5, 0.6) is 0 Å². The molecule has 0 atom stereocenters. The van der Waals surface area contributed by atoms with Gasteiger partial charge in [0, 0.05) is 28.6 Å². The minimum absolute atomic E-state index is 0.389. The second-order valence-electron chi connectivity index (χ2n) is 3.69. The molecule has 0 spiro atoms. The summed E-state index contributed by atoms with van der Waals surface area (Å²) in [6.45, 7) is 3.54. The molecule has 4 nitrogen and oxygen atoms in total. The Balaban J connectivity index is 2.50. The van der Waals surface area contributed by atoms with Crippen molar-refractivity contribution in [2.24, 2.45) is 4.99 Å². The molecule has 0 aromatic heterocycles. The molecule has 0 radical (unpaired) electrons. The van der Waals surface area contributed by atoms with Crippen LogP contribution in [0, 0.1) is 12.3 Å².